The third-order valence-corrected chi connectivity index (χ3v) is 8.44. The zero-order valence-corrected chi connectivity index (χ0v) is 25.3. The van der Waals surface area contributed by atoms with Crippen molar-refractivity contribution in [2.24, 2.45) is 9.98 Å². The lowest BCUT2D eigenvalue weighted by Crippen LogP contribution is -2.40. The fourth-order valence-electron chi connectivity index (χ4n) is 5.85. The first-order chi connectivity index (χ1) is 21.9. The molecule has 45 heavy (non-hydrogen) atoms. The van der Waals surface area contributed by atoms with Gasteiger partial charge in [-0.25, -0.2) is 9.98 Å². The van der Waals surface area contributed by atoms with Crippen molar-refractivity contribution < 1.29 is 19.1 Å². The molecule has 3 heterocycles. The summed E-state index contributed by atoms with van der Waals surface area (Å²) in [5.41, 5.74) is 11.4. The fraction of sp³-hybridized carbons (Fsp3) is 0.324. The van der Waals surface area contributed by atoms with Crippen LogP contribution in [0.2, 0.25) is 0 Å². The number of ether oxygens (including phenoxy) is 1. The molecule has 3 aromatic rings. The number of hydrogen-bond acceptors (Lipinski definition) is 8. The van der Waals surface area contributed by atoms with Crippen LogP contribution in [0, 0.1) is 6.92 Å². The van der Waals surface area contributed by atoms with Gasteiger partial charge in [0.2, 0.25) is 0 Å². The standard InChI is InChI=1S/C34H37N7O4/c1-22-26(6-5-7-29(22)39-32(42)23-8-11-25(12-9-23)40-14-3-2-4-15-40)30-21-36-33(43)31(38-30)37-24-10-13-27(28(35)20-24)34(44)41-16-18-45-19-17-41/h5-13,20-21,30H,2-4,14-19,35H2,1H3,(H,37,38)(H,39,42). The van der Waals surface area contributed by atoms with Gasteiger partial charge in [-0.15, -0.1) is 0 Å². The van der Waals surface area contributed by atoms with E-state index >= 15 is 0 Å². The van der Waals surface area contributed by atoms with Crippen LogP contribution in [0.25, 0.3) is 0 Å². The van der Waals surface area contributed by atoms with Gasteiger partial charge in [0.1, 0.15) is 6.04 Å². The van der Waals surface area contributed by atoms with Crippen molar-refractivity contribution in [3.63, 3.8) is 0 Å². The largest absolute Gasteiger partial charge is 0.398 e. The van der Waals surface area contributed by atoms with Crippen molar-refractivity contribution in [1.29, 1.82) is 0 Å². The van der Waals surface area contributed by atoms with Crippen LogP contribution in [-0.4, -0.2) is 74.1 Å². The molecule has 3 aliphatic heterocycles. The van der Waals surface area contributed by atoms with E-state index in [4.69, 9.17) is 10.5 Å². The SMILES string of the molecule is Cc1c(NC(=O)c2ccc(N3CCCCC3)cc2)cccc1C1C=NC(=O)C(Nc2ccc(C(=O)N3CCOCC3)c(N)c2)=N1. The minimum atomic E-state index is -0.551. The van der Waals surface area contributed by atoms with Gasteiger partial charge in [0, 0.05) is 60.7 Å². The van der Waals surface area contributed by atoms with Gasteiger partial charge in [-0.3, -0.25) is 14.4 Å². The molecule has 0 aliphatic carbocycles. The minimum Gasteiger partial charge on any atom is -0.398 e. The third-order valence-electron chi connectivity index (χ3n) is 8.44. The molecule has 3 amide bonds. The minimum absolute atomic E-state index is 0.0526. The number of benzene rings is 3. The number of carbonyl (C=O) groups excluding carboxylic acids is 3. The number of nitrogens with zero attached hydrogens (tertiary/aromatic N) is 4. The highest BCUT2D eigenvalue weighted by atomic mass is 16.5. The van der Waals surface area contributed by atoms with Crippen LogP contribution in [0.15, 0.2) is 70.6 Å². The smallest absolute Gasteiger partial charge is 0.312 e. The molecule has 0 saturated carbocycles. The number of rotatable bonds is 6. The molecular weight excluding hydrogens is 570 g/mol. The van der Waals surface area contributed by atoms with Crippen molar-refractivity contribution in [2.45, 2.75) is 32.2 Å². The van der Waals surface area contributed by atoms with Gasteiger partial charge in [-0.1, -0.05) is 12.1 Å². The zero-order chi connectivity index (χ0) is 31.3. The fourth-order valence-corrected chi connectivity index (χ4v) is 5.85. The van der Waals surface area contributed by atoms with Gasteiger partial charge in [0.15, 0.2) is 5.84 Å². The van der Waals surface area contributed by atoms with E-state index in [9.17, 15) is 14.4 Å². The van der Waals surface area contributed by atoms with Crippen molar-refractivity contribution >= 4 is 52.5 Å². The molecule has 11 nitrogen and oxygen atoms in total. The lowest BCUT2D eigenvalue weighted by molar-refractivity contribution is -0.111. The van der Waals surface area contributed by atoms with Gasteiger partial charge >= 0.3 is 5.91 Å². The second kappa shape index (κ2) is 13.3. The Bertz CT molecular complexity index is 1660. The molecule has 1 unspecified atom stereocenters. The molecule has 2 saturated heterocycles. The summed E-state index contributed by atoms with van der Waals surface area (Å²) in [5, 5.41) is 6.05. The Kier molecular flexibility index (Phi) is 8.88. The molecule has 4 N–H and O–H groups in total. The molecule has 2 fully saturated rings. The first-order valence-electron chi connectivity index (χ1n) is 15.3. The number of carbonyl (C=O) groups is 3. The summed E-state index contributed by atoms with van der Waals surface area (Å²) in [6.45, 7) is 6.02. The van der Waals surface area contributed by atoms with Crippen molar-refractivity contribution in [1.82, 2.24) is 4.90 Å². The predicted molar refractivity (Wildman–Crippen MR) is 177 cm³/mol. The van der Waals surface area contributed by atoms with Crippen molar-refractivity contribution in [3.05, 3.63) is 82.9 Å². The topological polar surface area (TPSA) is 142 Å². The molecule has 3 aliphatic rings. The maximum Gasteiger partial charge on any atom is 0.312 e. The van der Waals surface area contributed by atoms with E-state index < -0.39 is 11.9 Å². The molecule has 1 atom stereocenters. The van der Waals surface area contributed by atoms with Crippen molar-refractivity contribution in [3.8, 4) is 0 Å². The van der Waals surface area contributed by atoms with Crippen LogP contribution in [0.5, 0.6) is 0 Å². The Labute approximate surface area is 262 Å². The first kappa shape index (κ1) is 30.0. The second-order valence-electron chi connectivity index (χ2n) is 11.4. The summed E-state index contributed by atoms with van der Waals surface area (Å²) in [6.07, 6.45) is 5.15. The molecule has 232 valence electrons. The number of nitrogens with two attached hydrogens (primary N) is 1. The number of piperidine rings is 1. The average molecular weight is 608 g/mol. The molecule has 0 aromatic heterocycles. The van der Waals surface area contributed by atoms with Gasteiger partial charge in [-0.2, -0.15) is 0 Å². The second-order valence-corrected chi connectivity index (χ2v) is 11.4. The highest BCUT2D eigenvalue weighted by Gasteiger charge is 2.24. The van der Waals surface area contributed by atoms with E-state index in [1.54, 1.807) is 23.1 Å². The van der Waals surface area contributed by atoms with E-state index in [0.717, 1.165) is 29.9 Å². The summed E-state index contributed by atoms with van der Waals surface area (Å²) in [6, 6.07) is 17.7. The summed E-state index contributed by atoms with van der Waals surface area (Å²) in [5.74, 6) is -0.827. The van der Waals surface area contributed by atoms with E-state index in [2.05, 4.69) is 25.5 Å². The third kappa shape index (κ3) is 6.73. The van der Waals surface area contributed by atoms with Gasteiger partial charge in [0.05, 0.1) is 18.8 Å². The van der Waals surface area contributed by atoms with Crippen LogP contribution in [0.1, 0.15) is 57.1 Å². The van der Waals surface area contributed by atoms with E-state index in [-0.39, 0.29) is 17.6 Å². The van der Waals surface area contributed by atoms with Crippen LogP contribution >= 0.6 is 0 Å². The van der Waals surface area contributed by atoms with Crippen LogP contribution in [0.3, 0.4) is 0 Å². The molecular formula is C34H37N7O4. The molecule has 6 rings (SSSR count). The van der Waals surface area contributed by atoms with Crippen LogP contribution < -0.4 is 21.3 Å². The highest BCUT2D eigenvalue weighted by molar-refractivity contribution is 6.44. The highest BCUT2D eigenvalue weighted by Crippen LogP contribution is 2.29. The summed E-state index contributed by atoms with van der Waals surface area (Å²) in [4.78, 5) is 51.5. The number of hydrogen-bond donors (Lipinski definition) is 3. The Morgan fingerprint density at radius 2 is 1.71 bits per heavy atom. The summed E-state index contributed by atoms with van der Waals surface area (Å²) >= 11 is 0. The Morgan fingerprint density at radius 1 is 0.956 bits per heavy atom. The van der Waals surface area contributed by atoms with Crippen molar-refractivity contribution in [2.75, 3.05) is 60.7 Å². The number of anilines is 4. The Hall–Kier alpha value is -5.03. The number of nitrogens with one attached hydrogen (secondary N) is 2. The lowest BCUT2D eigenvalue weighted by Gasteiger charge is -2.28. The Morgan fingerprint density at radius 3 is 2.44 bits per heavy atom. The van der Waals surface area contributed by atoms with E-state index in [1.807, 2.05) is 49.4 Å². The van der Waals surface area contributed by atoms with Crippen LogP contribution in [-0.2, 0) is 9.53 Å². The molecule has 0 bridgehead atoms. The zero-order valence-electron chi connectivity index (χ0n) is 25.3. The number of amidine groups is 1. The molecule has 0 radical (unpaired) electrons. The summed E-state index contributed by atoms with van der Waals surface area (Å²) in [7, 11) is 0. The average Bonchev–Trinajstić information content (AvgIpc) is 3.07. The van der Waals surface area contributed by atoms with Gasteiger partial charge in [0.25, 0.3) is 11.8 Å². The van der Waals surface area contributed by atoms with E-state index in [0.29, 0.717) is 54.5 Å². The maximum absolute atomic E-state index is 13.2. The lowest BCUT2D eigenvalue weighted by atomic mass is 9.99. The quantitative estimate of drug-likeness (QED) is 0.352. The first-order valence-corrected chi connectivity index (χ1v) is 15.3. The summed E-state index contributed by atoms with van der Waals surface area (Å²) < 4.78 is 5.33. The maximum atomic E-state index is 13.2. The molecule has 11 heteroatoms. The van der Waals surface area contributed by atoms with Gasteiger partial charge in [-0.05, 0) is 85.8 Å². The Balaban J connectivity index is 1.15. The number of amides is 3. The number of aliphatic imine (C=N–C) groups is 2. The molecule has 3 aromatic carbocycles. The van der Waals surface area contributed by atoms with Gasteiger partial charge < -0.3 is 30.9 Å². The molecule has 0 spiro atoms. The van der Waals surface area contributed by atoms with Crippen LogP contribution in [0.4, 0.5) is 22.7 Å². The number of morpholine rings is 1. The normalized spacial score (nSPS) is 18.4. The number of nitrogen functional groups attached to an aromatic ring is 1. The van der Waals surface area contributed by atoms with E-state index in [1.165, 1.54) is 25.5 Å². The monoisotopic (exact) mass is 607 g/mol. The predicted octanol–water partition coefficient (Wildman–Crippen LogP) is 4.45.